The lowest BCUT2D eigenvalue weighted by molar-refractivity contribution is 0.0686. The van der Waals surface area contributed by atoms with Gasteiger partial charge in [0.15, 0.2) is 0 Å². The summed E-state index contributed by atoms with van der Waals surface area (Å²) in [5, 5.41) is 18.4. The molecule has 0 aliphatic heterocycles. The van der Waals surface area contributed by atoms with E-state index in [1.54, 1.807) is 6.92 Å². The topological polar surface area (TPSA) is 112 Å². The number of hydrogen-bond donors (Lipinski definition) is 2. The number of carboxylic acids is 2. The minimum atomic E-state index is -4.20. The second kappa shape index (κ2) is 7.76. The molecule has 2 aromatic carbocycles. The van der Waals surface area contributed by atoms with Gasteiger partial charge in [0.05, 0.1) is 26.7 Å². The molecule has 0 heterocycles. The van der Waals surface area contributed by atoms with Gasteiger partial charge in [-0.15, -0.1) is 0 Å². The zero-order valence-corrected chi connectivity index (χ0v) is 15.3. The summed E-state index contributed by atoms with van der Waals surface area (Å²) < 4.78 is 27.1. The monoisotopic (exact) mass is 397 g/mol. The fourth-order valence-corrected chi connectivity index (χ4v) is 4.20. The van der Waals surface area contributed by atoms with Crippen LogP contribution in [0.1, 0.15) is 34.1 Å². The van der Waals surface area contributed by atoms with Crippen LogP contribution in [0.3, 0.4) is 0 Å². The van der Waals surface area contributed by atoms with Crippen molar-refractivity contribution in [1.82, 2.24) is 0 Å². The third kappa shape index (κ3) is 3.81. The predicted molar refractivity (Wildman–Crippen MR) is 96.6 cm³/mol. The fourth-order valence-electron chi connectivity index (χ4n) is 2.40. The maximum Gasteiger partial charge on any atom is 0.337 e. The first-order chi connectivity index (χ1) is 12.2. The number of para-hydroxylation sites is 1. The van der Waals surface area contributed by atoms with Crippen LogP contribution in [0.25, 0.3) is 0 Å². The number of benzene rings is 2. The highest BCUT2D eigenvalue weighted by atomic mass is 35.5. The van der Waals surface area contributed by atoms with Gasteiger partial charge in [-0.25, -0.2) is 18.0 Å². The highest BCUT2D eigenvalue weighted by Crippen LogP contribution is 2.29. The third-order valence-electron chi connectivity index (χ3n) is 3.59. The standard InChI is InChI=1S/C17H16ClNO6S/c1-2-9-19(15-6-4-3-5-12(15)16(20)21)26(24,25)11-7-8-14(18)13(10-11)17(22)23/h3-8,10H,2,9H2,1H3,(H,20,21)(H,22,23). The smallest absolute Gasteiger partial charge is 0.337 e. The number of sulfonamides is 1. The molecule has 0 amide bonds. The number of hydrogen-bond acceptors (Lipinski definition) is 4. The molecule has 0 bridgehead atoms. The van der Waals surface area contributed by atoms with Crippen molar-refractivity contribution in [3.63, 3.8) is 0 Å². The molecule has 0 aliphatic rings. The Kier molecular flexibility index (Phi) is 5.89. The molecule has 0 aliphatic carbocycles. The highest BCUT2D eigenvalue weighted by Gasteiger charge is 2.28. The Balaban J connectivity index is 2.66. The van der Waals surface area contributed by atoms with Crippen molar-refractivity contribution in [1.29, 1.82) is 0 Å². The zero-order chi connectivity index (χ0) is 19.5. The Morgan fingerprint density at radius 1 is 1.04 bits per heavy atom. The van der Waals surface area contributed by atoms with Gasteiger partial charge in [0.2, 0.25) is 0 Å². The van der Waals surface area contributed by atoms with Crippen LogP contribution in [0.5, 0.6) is 0 Å². The van der Waals surface area contributed by atoms with Crippen molar-refractivity contribution >= 4 is 39.3 Å². The van der Waals surface area contributed by atoms with Gasteiger partial charge in [0.25, 0.3) is 10.0 Å². The Morgan fingerprint density at radius 2 is 1.65 bits per heavy atom. The first-order valence-corrected chi connectivity index (χ1v) is 9.39. The second-order valence-corrected chi connectivity index (χ2v) is 7.62. The Morgan fingerprint density at radius 3 is 2.23 bits per heavy atom. The molecular formula is C17H16ClNO6S. The molecule has 2 rings (SSSR count). The molecule has 138 valence electrons. The summed E-state index contributed by atoms with van der Waals surface area (Å²) in [5.74, 6) is -2.63. The van der Waals surface area contributed by atoms with E-state index in [0.717, 1.165) is 10.4 Å². The molecule has 0 unspecified atom stereocenters. The highest BCUT2D eigenvalue weighted by molar-refractivity contribution is 7.92. The SMILES string of the molecule is CCCN(c1ccccc1C(=O)O)S(=O)(=O)c1ccc(Cl)c(C(=O)O)c1. The van der Waals surface area contributed by atoms with Gasteiger partial charge < -0.3 is 10.2 Å². The van der Waals surface area contributed by atoms with Crippen molar-refractivity contribution in [2.24, 2.45) is 0 Å². The Labute approximate surface area is 155 Å². The molecule has 26 heavy (non-hydrogen) atoms. The summed E-state index contributed by atoms with van der Waals surface area (Å²) in [4.78, 5) is 22.4. The van der Waals surface area contributed by atoms with E-state index in [4.69, 9.17) is 16.7 Å². The number of carboxylic acid groups (broad SMARTS) is 2. The lowest BCUT2D eigenvalue weighted by atomic mass is 10.2. The van der Waals surface area contributed by atoms with Gasteiger partial charge in [-0.1, -0.05) is 30.7 Å². The average Bonchev–Trinajstić information content (AvgIpc) is 2.59. The summed E-state index contributed by atoms with van der Waals surface area (Å²) >= 11 is 5.80. The lowest BCUT2D eigenvalue weighted by Crippen LogP contribution is -2.33. The first-order valence-electron chi connectivity index (χ1n) is 7.58. The molecule has 0 radical (unpaired) electrons. The number of carbonyl (C=O) groups is 2. The number of aromatic carboxylic acids is 2. The maximum atomic E-state index is 13.1. The quantitative estimate of drug-likeness (QED) is 0.740. The van der Waals surface area contributed by atoms with Crippen molar-refractivity contribution in [2.45, 2.75) is 18.2 Å². The minimum Gasteiger partial charge on any atom is -0.478 e. The van der Waals surface area contributed by atoms with E-state index in [-0.39, 0.29) is 33.3 Å². The zero-order valence-electron chi connectivity index (χ0n) is 13.7. The lowest BCUT2D eigenvalue weighted by Gasteiger charge is -2.25. The molecule has 0 saturated carbocycles. The van der Waals surface area contributed by atoms with Crippen LogP contribution in [-0.4, -0.2) is 37.1 Å². The van der Waals surface area contributed by atoms with Crippen LogP contribution in [-0.2, 0) is 10.0 Å². The van der Waals surface area contributed by atoms with Gasteiger partial charge in [-0.05, 0) is 36.8 Å². The third-order valence-corrected chi connectivity index (χ3v) is 5.72. The number of anilines is 1. The van der Waals surface area contributed by atoms with Crippen LogP contribution in [0.15, 0.2) is 47.4 Å². The molecular weight excluding hydrogens is 382 g/mol. The summed E-state index contributed by atoms with van der Waals surface area (Å²) in [5.41, 5.74) is -0.513. The Bertz CT molecular complexity index is 957. The van der Waals surface area contributed by atoms with Crippen molar-refractivity contribution < 1.29 is 28.2 Å². The van der Waals surface area contributed by atoms with Crippen molar-refractivity contribution in [3.05, 3.63) is 58.6 Å². The predicted octanol–water partition coefficient (Wildman–Crippen LogP) is 3.34. The van der Waals surface area contributed by atoms with E-state index >= 15 is 0 Å². The van der Waals surface area contributed by atoms with Crippen LogP contribution in [0, 0.1) is 0 Å². The van der Waals surface area contributed by atoms with Crippen LogP contribution in [0.2, 0.25) is 5.02 Å². The minimum absolute atomic E-state index is 0.00803. The van der Waals surface area contributed by atoms with E-state index in [0.29, 0.717) is 6.42 Å². The largest absolute Gasteiger partial charge is 0.478 e. The van der Waals surface area contributed by atoms with Crippen LogP contribution in [0.4, 0.5) is 5.69 Å². The van der Waals surface area contributed by atoms with Gasteiger partial charge in [-0.3, -0.25) is 4.31 Å². The summed E-state index contributed by atoms with van der Waals surface area (Å²) in [7, 11) is -4.20. The summed E-state index contributed by atoms with van der Waals surface area (Å²) in [6.45, 7) is 1.77. The second-order valence-electron chi connectivity index (χ2n) is 5.35. The Hall–Kier alpha value is -2.58. The van der Waals surface area contributed by atoms with E-state index in [2.05, 4.69) is 0 Å². The number of halogens is 1. The molecule has 0 atom stereocenters. The molecule has 7 nitrogen and oxygen atoms in total. The van der Waals surface area contributed by atoms with Crippen LogP contribution < -0.4 is 4.31 Å². The molecule has 9 heteroatoms. The molecule has 0 aromatic heterocycles. The van der Waals surface area contributed by atoms with Gasteiger partial charge >= 0.3 is 11.9 Å². The van der Waals surface area contributed by atoms with Crippen molar-refractivity contribution in [2.75, 3.05) is 10.8 Å². The normalized spacial score (nSPS) is 11.2. The van der Waals surface area contributed by atoms with E-state index in [1.165, 1.54) is 36.4 Å². The number of nitrogens with zero attached hydrogens (tertiary/aromatic N) is 1. The fraction of sp³-hybridized carbons (Fsp3) is 0.176. The maximum absolute atomic E-state index is 13.1. The molecule has 2 aromatic rings. The summed E-state index contributed by atoms with van der Waals surface area (Å²) in [6, 6.07) is 9.07. The van der Waals surface area contributed by atoms with Gasteiger partial charge in [-0.2, -0.15) is 0 Å². The van der Waals surface area contributed by atoms with E-state index in [1.807, 2.05) is 0 Å². The summed E-state index contributed by atoms with van der Waals surface area (Å²) in [6.07, 6.45) is 0.423. The molecule has 2 N–H and O–H groups in total. The first kappa shape index (κ1) is 19.7. The number of rotatable bonds is 7. The average molecular weight is 398 g/mol. The van der Waals surface area contributed by atoms with Gasteiger partial charge in [0, 0.05) is 6.54 Å². The van der Waals surface area contributed by atoms with Crippen LogP contribution >= 0.6 is 11.6 Å². The van der Waals surface area contributed by atoms with Crippen molar-refractivity contribution in [3.8, 4) is 0 Å². The van der Waals surface area contributed by atoms with Gasteiger partial charge in [0.1, 0.15) is 0 Å². The molecule has 0 fully saturated rings. The molecule has 0 saturated heterocycles. The van der Waals surface area contributed by atoms with E-state index < -0.39 is 22.0 Å². The molecule has 0 spiro atoms. The van der Waals surface area contributed by atoms with E-state index in [9.17, 15) is 23.1 Å².